The van der Waals surface area contributed by atoms with Crippen molar-refractivity contribution in [2.75, 3.05) is 13.7 Å². The van der Waals surface area contributed by atoms with Crippen LogP contribution < -0.4 is 20.1 Å². The minimum atomic E-state index is -0.605. The molecule has 3 aliphatic carbocycles. The summed E-state index contributed by atoms with van der Waals surface area (Å²) >= 11 is 11.8. The molecular weight excluding hydrogens is 458 g/mol. The van der Waals surface area contributed by atoms with Crippen LogP contribution in [-0.2, 0) is 16.1 Å². The van der Waals surface area contributed by atoms with Crippen LogP contribution in [0.4, 0.5) is 4.39 Å². The molecule has 0 heterocycles. The largest absolute Gasteiger partial charge is 0.495 e. The molecule has 0 saturated heterocycles. The molecule has 2 amide bonds. The van der Waals surface area contributed by atoms with Gasteiger partial charge in [-0.15, -0.1) is 0 Å². The Bertz CT molecular complexity index is 1040. The van der Waals surface area contributed by atoms with Gasteiger partial charge < -0.3 is 20.1 Å². The van der Waals surface area contributed by atoms with Gasteiger partial charge in [-0.25, -0.2) is 4.39 Å². The summed E-state index contributed by atoms with van der Waals surface area (Å²) in [5.74, 6) is -0.00587. The molecule has 5 rings (SSSR count). The molecule has 2 aromatic carbocycles. The van der Waals surface area contributed by atoms with E-state index in [1.54, 1.807) is 19.2 Å². The number of rotatable bonds is 8. The van der Waals surface area contributed by atoms with E-state index < -0.39 is 5.82 Å². The summed E-state index contributed by atoms with van der Waals surface area (Å²) in [7, 11) is 1.55. The minimum absolute atomic E-state index is 0.00781. The van der Waals surface area contributed by atoms with Crippen molar-refractivity contribution in [3.63, 3.8) is 0 Å². The van der Waals surface area contributed by atoms with Crippen LogP contribution >= 0.6 is 23.2 Å². The molecule has 0 aromatic heterocycles. The standard InChI is InChI=1S/C23H23Cl2FN2O4/c1-31-20-5-2-13(6-18(20)25)11-27-22(30)16-10-23(8-14(16)9-23)28-21(29)12-32-15-3-4-17(24)19(26)7-15/h2-7,14,16H,8-12H2,1H3,(H,27,30)(H,28,29). The maximum absolute atomic E-state index is 13.5. The number of benzene rings is 2. The van der Waals surface area contributed by atoms with E-state index in [0.717, 1.165) is 24.5 Å². The number of amides is 2. The molecule has 2 N–H and O–H groups in total. The fourth-order valence-electron chi connectivity index (χ4n) is 4.63. The number of ether oxygens (including phenoxy) is 2. The molecule has 9 heteroatoms. The second-order valence-corrected chi connectivity index (χ2v) is 9.17. The Balaban J connectivity index is 1.25. The first kappa shape index (κ1) is 22.7. The zero-order chi connectivity index (χ0) is 22.9. The smallest absolute Gasteiger partial charge is 0.258 e. The van der Waals surface area contributed by atoms with Crippen molar-refractivity contribution in [2.24, 2.45) is 11.8 Å². The van der Waals surface area contributed by atoms with Gasteiger partial charge in [0.05, 0.1) is 17.2 Å². The zero-order valence-corrected chi connectivity index (χ0v) is 18.9. The maximum atomic E-state index is 13.5. The quantitative estimate of drug-likeness (QED) is 0.595. The lowest BCUT2D eigenvalue weighted by molar-refractivity contribution is -0.126. The predicted molar refractivity (Wildman–Crippen MR) is 118 cm³/mol. The van der Waals surface area contributed by atoms with Gasteiger partial charge in [-0.2, -0.15) is 0 Å². The first-order valence-electron chi connectivity index (χ1n) is 10.3. The van der Waals surface area contributed by atoms with Crippen molar-refractivity contribution in [3.8, 4) is 11.5 Å². The molecule has 3 saturated carbocycles. The van der Waals surface area contributed by atoms with Gasteiger partial charge in [-0.05, 0) is 55.0 Å². The van der Waals surface area contributed by atoms with Crippen LogP contribution in [0.15, 0.2) is 36.4 Å². The van der Waals surface area contributed by atoms with Gasteiger partial charge >= 0.3 is 0 Å². The van der Waals surface area contributed by atoms with Crippen LogP contribution in [-0.4, -0.2) is 31.1 Å². The van der Waals surface area contributed by atoms with E-state index in [9.17, 15) is 14.0 Å². The Morgan fingerprint density at radius 2 is 1.91 bits per heavy atom. The summed E-state index contributed by atoms with van der Waals surface area (Å²) in [4.78, 5) is 25.1. The van der Waals surface area contributed by atoms with Crippen LogP contribution in [0.25, 0.3) is 0 Å². The number of hydrogen-bond donors (Lipinski definition) is 2. The van der Waals surface area contributed by atoms with Crippen molar-refractivity contribution in [3.05, 3.63) is 57.8 Å². The van der Waals surface area contributed by atoms with Gasteiger partial charge in [-0.1, -0.05) is 29.3 Å². The summed E-state index contributed by atoms with van der Waals surface area (Å²) in [6.45, 7) is 0.138. The Kier molecular flexibility index (Phi) is 6.49. The second-order valence-electron chi connectivity index (χ2n) is 8.36. The summed E-state index contributed by atoms with van der Waals surface area (Å²) in [5.41, 5.74) is 0.509. The van der Waals surface area contributed by atoms with E-state index >= 15 is 0 Å². The Labute approximate surface area is 195 Å². The first-order valence-corrected chi connectivity index (χ1v) is 11.0. The lowest BCUT2D eigenvalue weighted by atomic mass is 9.76. The fraction of sp³-hybridized carbons (Fsp3) is 0.391. The molecule has 2 aromatic rings. The third-order valence-corrected chi connectivity index (χ3v) is 6.77. The topological polar surface area (TPSA) is 76.7 Å². The predicted octanol–water partition coefficient (Wildman–Crippen LogP) is 4.12. The van der Waals surface area contributed by atoms with Gasteiger partial charge in [0.25, 0.3) is 5.91 Å². The van der Waals surface area contributed by atoms with Crippen LogP contribution in [0, 0.1) is 17.7 Å². The van der Waals surface area contributed by atoms with Crippen LogP contribution in [0.3, 0.4) is 0 Å². The highest BCUT2D eigenvalue weighted by Crippen LogP contribution is 2.55. The summed E-state index contributed by atoms with van der Waals surface area (Å²) in [5, 5.41) is 6.45. The van der Waals surface area contributed by atoms with E-state index in [2.05, 4.69) is 10.6 Å². The molecule has 170 valence electrons. The van der Waals surface area contributed by atoms with Crippen molar-refractivity contribution in [1.82, 2.24) is 10.6 Å². The number of fused-ring (bicyclic) bond motifs is 1. The van der Waals surface area contributed by atoms with Gasteiger partial charge in [0, 0.05) is 24.1 Å². The molecule has 32 heavy (non-hydrogen) atoms. The highest BCUT2D eigenvalue weighted by molar-refractivity contribution is 6.32. The molecule has 1 atom stereocenters. The lowest BCUT2D eigenvalue weighted by Crippen LogP contribution is -2.53. The average molecular weight is 481 g/mol. The van der Waals surface area contributed by atoms with Crippen molar-refractivity contribution in [2.45, 2.75) is 31.3 Å². The molecule has 0 radical (unpaired) electrons. The normalized spacial score (nSPS) is 23.2. The number of carbonyl (C=O) groups excluding carboxylic acids is 2. The number of halogens is 3. The fourth-order valence-corrected chi connectivity index (χ4v) is 5.03. The maximum Gasteiger partial charge on any atom is 0.258 e. The zero-order valence-electron chi connectivity index (χ0n) is 17.4. The SMILES string of the molecule is COc1ccc(CNC(=O)C2CC3(NC(=O)COc4ccc(Cl)c(F)c4)CC2C3)cc1Cl. The van der Waals surface area contributed by atoms with E-state index in [-0.39, 0.29) is 46.6 Å². The number of nitrogens with one attached hydrogen (secondary N) is 2. The van der Waals surface area contributed by atoms with Crippen molar-refractivity contribution in [1.29, 1.82) is 0 Å². The Hall–Kier alpha value is -2.51. The van der Waals surface area contributed by atoms with Gasteiger partial charge in [-0.3, -0.25) is 9.59 Å². The van der Waals surface area contributed by atoms with E-state index in [1.807, 2.05) is 6.07 Å². The third kappa shape index (κ3) is 4.79. The second kappa shape index (κ2) is 9.16. The Morgan fingerprint density at radius 1 is 1.12 bits per heavy atom. The van der Waals surface area contributed by atoms with Crippen LogP contribution in [0.5, 0.6) is 11.5 Å². The van der Waals surface area contributed by atoms with Crippen LogP contribution in [0.1, 0.15) is 24.8 Å². The molecule has 0 aliphatic heterocycles. The molecule has 1 unspecified atom stereocenters. The average Bonchev–Trinajstić information content (AvgIpc) is 3.28. The number of hydrogen-bond acceptors (Lipinski definition) is 4. The summed E-state index contributed by atoms with van der Waals surface area (Å²) < 4.78 is 24.0. The van der Waals surface area contributed by atoms with Crippen molar-refractivity contribution >= 4 is 35.0 Å². The lowest BCUT2D eigenvalue weighted by Gasteiger charge is -2.39. The molecule has 2 bridgehead atoms. The van der Waals surface area contributed by atoms with Crippen molar-refractivity contribution < 1.29 is 23.5 Å². The number of carbonyl (C=O) groups is 2. The third-order valence-electron chi connectivity index (χ3n) is 6.17. The highest BCUT2D eigenvalue weighted by atomic mass is 35.5. The first-order chi connectivity index (χ1) is 15.3. The summed E-state index contributed by atoms with van der Waals surface area (Å²) in [6.07, 6.45) is 2.12. The Morgan fingerprint density at radius 3 is 2.59 bits per heavy atom. The minimum Gasteiger partial charge on any atom is -0.495 e. The highest BCUT2D eigenvalue weighted by Gasteiger charge is 2.58. The molecular formula is C23H23Cl2FN2O4. The van der Waals surface area contributed by atoms with Gasteiger partial charge in [0.1, 0.15) is 17.3 Å². The van der Waals surface area contributed by atoms with Crippen LogP contribution in [0.2, 0.25) is 10.0 Å². The molecule has 3 fully saturated rings. The summed E-state index contributed by atoms with van der Waals surface area (Å²) in [6, 6.07) is 9.40. The monoisotopic (exact) mass is 480 g/mol. The van der Waals surface area contributed by atoms with E-state index in [4.69, 9.17) is 32.7 Å². The van der Waals surface area contributed by atoms with E-state index in [1.165, 1.54) is 12.1 Å². The molecule has 0 spiro atoms. The number of methoxy groups -OCH3 is 1. The van der Waals surface area contributed by atoms with Gasteiger partial charge in [0.15, 0.2) is 6.61 Å². The molecule has 6 nitrogen and oxygen atoms in total. The van der Waals surface area contributed by atoms with Gasteiger partial charge in [0.2, 0.25) is 5.91 Å². The molecule has 3 aliphatic rings. The van der Waals surface area contributed by atoms with E-state index in [0.29, 0.717) is 23.7 Å².